The molecule has 3 aromatic heterocycles. The standard InChI is InChI=1S/C25H26F3N6O3/c1-31(6-7-35)11-17-8-20(25(26,27)28)21-13-33(23(36)34(21)12-17)19-5-3-4-18(9-19)24(14-37-15-24)10-22-30-29-16-32(22)2/h3-5,8-9,12-13,16,35H,1,6-7,10-11,14-15H2,2H3/q+1. The molecule has 0 amide bonds. The van der Waals surface area contributed by atoms with Crippen molar-refractivity contribution in [1.29, 1.82) is 0 Å². The van der Waals surface area contributed by atoms with Crippen molar-refractivity contribution in [3.63, 3.8) is 0 Å². The summed E-state index contributed by atoms with van der Waals surface area (Å²) in [7, 11) is 1.86. The average molecular weight is 516 g/mol. The van der Waals surface area contributed by atoms with E-state index in [4.69, 9.17) is 9.84 Å². The van der Waals surface area contributed by atoms with Gasteiger partial charge in [-0.15, -0.1) is 10.2 Å². The van der Waals surface area contributed by atoms with Crippen molar-refractivity contribution in [2.45, 2.75) is 24.6 Å². The maximum absolute atomic E-state index is 14.0. The third-order valence-corrected chi connectivity index (χ3v) is 6.75. The zero-order valence-corrected chi connectivity index (χ0v) is 20.1. The van der Waals surface area contributed by atoms with Gasteiger partial charge in [-0.3, -0.25) is 8.97 Å². The van der Waals surface area contributed by atoms with Gasteiger partial charge in [0.15, 0.2) is 13.1 Å². The van der Waals surface area contributed by atoms with E-state index in [0.29, 0.717) is 25.3 Å². The van der Waals surface area contributed by atoms with E-state index in [2.05, 4.69) is 16.9 Å². The van der Waals surface area contributed by atoms with Gasteiger partial charge in [-0.05, 0) is 23.8 Å². The van der Waals surface area contributed by atoms with Crippen molar-refractivity contribution in [3.05, 3.63) is 82.1 Å². The lowest BCUT2D eigenvalue weighted by atomic mass is 9.75. The van der Waals surface area contributed by atoms with Crippen LogP contribution in [0, 0.1) is 0 Å². The number of aryl methyl sites for hydroxylation is 1. The van der Waals surface area contributed by atoms with Crippen molar-refractivity contribution >= 4 is 12.2 Å². The summed E-state index contributed by atoms with van der Waals surface area (Å²) < 4.78 is 53.0. The first kappa shape index (κ1) is 24.9. The molecule has 1 aliphatic heterocycles. The molecule has 0 saturated carbocycles. The van der Waals surface area contributed by atoms with Crippen LogP contribution >= 0.6 is 0 Å². The first-order chi connectivity index (χ1) is 17.6. The molecule has 0 atom stereocenters. The highest BCUT2D eigenvalue weighted by Gasteiger charge is 2.42. The molecule has 1 aliphatic rings. The largest absolute Gasteiger partial charge is 0.418 e. The van der Waals surface area contributed by atoms with E-state index in [1.54, 1.807) is 18.5 Å². The number of halogens is 3. The van der Waals surface area contributed by atoms with Crippen molar-refractivity contribution in [2.75, 3.05) is 26.4 Å². The molecular weight excluding hydrogens is 489 g/mol. The molecule has 1 saturated heterocycles. The maximum atomic E-state index is 14.0. The fourth-order valence-corrected chi connectivity index (χ4v) is 4.70. The van der Waals surface area contributed by atoms with Gasteiger partial charge >= 0.3 is 11.9 Å². The molecular formula is C25H26F3N6O3+. The lowest BCUT2D eigenvalue weighted by molar-refractivity contribution is -0.537. The van der Waals surface area contributed by atoms with E-state index >= 15 is 0 Å². The fraction of sp³-hybridized carbons (Fsp3) is 0.360. The number of rotatable bonds is 8. The summed E-state index contributed by atoms with van der Waals surface area (Å²) in [5.41, 5.74) is -0.561. The number of aliphatic hydroxyl groups excluding tert-OH is 1. The molecule has 1 fully saturated rings. The molecule has 0 spiro atoms. The molecule has 1 N–H and O–H groups in total. The number of alkyl halides is 3. The quantitative estimate of drug-likeness (QED) is 0.286. The summed E-state index contributed by atoms with van der Waals surface area (Å²) in [6.45, 7) is 4.66. The van der Waals surface area contributed by atoms with E-state index in [9.17, 15) is 18.0 Å². The smallest absolute Gasteiger partial charge is 0.390 e. The van der Waals surface area contributed by atoms with E-state index in [1.165, 1.54) is 21.5 Å². The SMILES string of the molecule is C=[N+](CCO)Cc1cc(C(F)(F)F)c2cn(-c3cccc(C4(Cc5nncn5C)COC4)c3)c(=O)n2c1. The van der Waals surface area contributed by atoms with Crippen molar-refractivity contribution in [2.24, 2.45) is 7.05 Å². The number of ether oxygens (including phenoxy) is 1. The second-order valence-electron chi connectivity index (χ2n) is 9.43. The molecule has 4 aromatic rings. The molecule has 0 radical (unpaired) electrons. The van der Waals surface area contributed by atoms with E-state index in [0.717, 1.165) is 21.9 Å². The first-order valence-corrected chi connectivity index (χ1v) is 11.6. The molecule has 4 heterocycles. The minimum atomic E-state index is -4.67. The van der Waals surface area contributed by atoms with Crippen molar-refractivity contribution in [3.8, 4) is 5.69 Å². The van der Waals surface area contributed by atoms with Crippen molar-refractivity contribution in [1.82, 2.24) is 23.7 Å². The molecule has 0 aliphatic carbocycles. The molecule has 5 rings (SSSR count). The molecule has 9 nitrogen and oxygen atoms in total. The van der Waals surface area contributed by atoms with Crippen LogP contribution < -0.4 is 5.69 Å². The minimum absolute atomic E-state index is 0.0389. The summed E-state index contributed by atoms with van der Waals surface area (Å²) in [4.78, 5) is 13.4. The van der Waals surface area contributed by atoms with Gasteiger partial charge in [0.2, 0.25) is 0 Å². The van der Waals surface area contributed by atoms with Crippen LogP contribution in [-0.4, -0.2) is 66.5 Å². The Labute approximate surface area is 209 Å². The van der Waals surface area contributed by atoms with Crippen LogP contribution in [0.1, 0.15) is 22.5 Å². The van der Waals surface area contributed by atoms with Gasteiger partial charge < -0.3 is 14.4 Å². The second-order valence-corrected chi connectivity index (χ2v) is 9.43. The molecule has 1 aromatic carbocycles. The number of hydrogen-bond donors (Lipinski definition) is 1. The second kappa shape index (κ2) is 9.27. The maximum Gasteiger partial charge on any atom is 0.418 e. The Morgan fingerprint density at radius 2 is 2.03 bits per heavy atom. The summed E-state index contributed by atoms with van der Waals surface area (Å²) in [5, 5.41) is 17.2. The number of aliphatic hydroxyl groups is 1. The van der Waals surface area contributed by atoms with Crippen molar-refractivity contribution < 1.29 is 27.6 Å². The Morgan fingerprint density at radius 1 is 1.24 bits per heavy atom. The minimum Gasteiger partial charge on any atom is -0.390 e. The summed E-state index contributed by atoms with van der Waals surface area (Å²) in [5.74, 6) is 0.781. The molecule has 194 valence electrons. The first-order valence-electron chi connectivity index (χ1n) is 11.6. The van der Waals surface area contributed by atoms with E-state index < -0.39 is 17.4 Å². The van der Waals surface area contributed by atoms with Crippen LogP contribution in [0.4, 0.5) is 13.2 Å². The zero-order valence-electron chi connectivity index (χ0n) is 20.1. The third kappa shape index (κ3) is 4.58. The highest BCUT2D eigenvalue weighted by molar-refractivity contribution is 5.58. The normalized spacial score (nSPS) is 15.2. The Balaban J connectivity index is 1.58. The molecule has 0 bridgehead atoms. The predicted octanol–water partition coefficient (Wildman–Crippen LogP) is 1.95. The van der Waals surface area contributed by atoms with Gasteiger partial charge in [0.1, 0.15) is 25.5 Å². The average Bonchev–Trinajstić information content (AvgIpc) is 3.38. The van der Waals surface area contributed by atoms with Gasteiger partial charge in [0.25, 0.3) is 0 Å². The molecule has 37 heavy (non-hydrogen) atoms. The molecule has 0 unspecified atom stereocenters. The number of pyridine rings is 1. The number of hydrogen-bond acceptors (Lipinski definition) is 5. The van der Waals surface area contributed by atoms with Gasteiger partial charge in [-0.1, -0.05) is 12.1 Å². The van der Waals surface area contributed by atoms with Crippen LogP contribution in [0.5, 0.6) is 0 Å². The zero-order chi connectivity index (χ0) is 26.4. The van der Waals surface area contributed by atoms with Crippen LogP contribution in [0.25, 0.3) is 11.2 Å². The van der Waals surface area contributed by atoms with Gasteiger partial charge in [0.05, 0.1) is 30.0 Å². The summed E-state index contributed by atoms with van der Waals surface area (Å²) >= 11 is 0. The summed E-state index contributed by atoms with van der Waals surface area (Å²) in [6, 6.07) is 8.22. The topological polar surface area (TPSA) is 89.6 Å². The van der Waals surface area contributed by atoms with Gasteiger partial charge in [-0.2, -0.15) is 13.2 Å². The lowest BCUT2D eigenvalue weighted by Crippen LogP contribution is -2.49. The Morgan fingerprint density at radius 3 is 2.65 bits per heavy atom. The highest BCUT2D eigenvalue weighted by Crippen LogP contribution is 2.37. The third-order valence-electron chi connectivity index (χ3n) is 6.75. The highest BCUT2D eigenvalue weighted by atomic mass is 19.4. The van der Waals surface area contributed by atoms with Crippen LogP contribution in [0.15, 0.2) is 53.8 Å². The number of fused-ring (bicyclic) bond motifs is 1. The monoisotopic (exact) mass is 515 g/mol. The predicted molar refractivity (Wildman–Crippen MR) is 128 cm³/mol. The Kier molecular flexibility index (Phi) is 6.24. The number of imidazole rings is 1. The fourth-order valence-electron chi connectivity index (χ4n) is 4.70. The van der Waals surface area contributed by atoms with E-state index in [1.807, 2.05) is 23.7 Å². The number of nitrogens with zero attached hydrogens (tertiary/aromatic N) is 6. The van der Waals surface area contributed by atoms with Gasteiger partial charge in [-0.25, -0.2) is 9.37 Å². The number of aromatic nitrogens is 5. The Bertz CT molecular complexity index is 1530. The lowest BCUT2D eigenvalue weighted by Gasteiger charge is -2.41. The Hall–Kier alpha value is -3.77. The summed E-state index contributed by atoms with van der Waals surface area (Å²) in [6.07, 6.45) is 0.120. The van der Waals surface area contributed by atoms with Crippen LogP contribution in [0.3, 0.4) is 0 Å². The molecule has 12 heteroatoms. The number of benzene rings is 1. The van der Waals surface area contributed by atoms with Gasteiger partial charge in [0, 0.05) is 36.8 Å². The van der Waals surface area contributed by atoms with Crippen LogP contribution in [-0.2, 0) is 36.3 Å². The van der Waals surface area contributed by atoms with E-state index in [-0.39, 0.29) is 36.2 Å². The van der Waals surface area contributed by atoms with Crippen LogP contribution in [0.2, 0.25) is 0 Å².